The number of carbonyl (C=O) groups excluding carboxylic acids is 1. The Labute approximate surface area is 151 Å². The van der Waals surface area contributed by atoms with Gasteiger partial charge in [-0.3, -0.25) is 4.79 Å². The fraction of sp³-hybridized carbons (Fsp3) is 0.0556. The topological polar surface area (TPSA) is 58.7 Å². The summed E-state index contributed by atoms with van der Waals surface area (Å²) in [6, 6.07) is 13.2. The molecule has 0 unspecified atom stereocenters. The first-order valence-electron chi connectivity index (χ1n) is 7.53. The lowest BCUT2D eigenvalue weighted by atomic mass is 10.2. The maximum Gasteiger partial charge on any atom is 0.290 e. The molecule has 1 amide bonds. The van der Waals surface area contributed by atoms with Crippen LogP contribution in [0.15, 0.2) is 63.6 Å². The minimum absolute atomic E-state index is 0.214. The number of benzene rings is 1. The van der Waals surface area contributed by atoms with Crippen LogP contribution < -0.4 is 5.01 Å². The van der Waals surface area contributed by atoms with Crippen LogP contribution in [-0.4, -0.2) is 17.1 Å². The smallest absolute Gasteiger partial charge is 0.290 e. The molecule has 0 aliphatic heterocycles. The van der Waals surface area contributed by atoms with Crippen LogP contribution in [0.1, 0.15) is 21.0 Å². The normalized spacial score (nSPS) is 11.4. The molecule has 0 spiro atoms. The van der Waals surface area contributed by atoms with Crippen molar-refractivity contribution in [3.05, 3.63) is 70.3 Å². The molecule has 3 aromatic heterocycles. The van der Waals surface area contributed by atoms with E-state index >= 15 is 0 Å². The molecule has 124 valence electrons. The largest absolute Gasteiger partial charge is 0.463 e. The second-order valence-electron chi connectivity index (χ2n) is 5.32. The van der Waals surface area contributed by atoms with Crippen LogP contribution in [0.25, 0.3) is 10.2 Å². The highest BCUT2D eigenvalue weighted by atomic mass is 32.1. The molecule has 3 heterocycles. The van der Waals surface area contributed by atoms with E-state index in [1.807, 2.05) is 30.5 Å². The monoisotopic (exact) mass is 367 g/mol. The summed E-state index contributed by atoms with van der Waals surface area (Å²) < 4.78 is 6.28. The molecule has 1 aromatic carbocycles. The number of hydrogen-bond donors (Lipinski definition) is 0. The summed E-state index contributed by atoms with van der Waals surface area (Å²) in [6.45, 7) is 2.03. The van der Waals surface area contributed by atoms with E-state index < -0.39 is 0 Å². The summed E-state index contributed by atoms with van der Waals surface area (Å²) in [5, 5.41) is 8.05. The second-order valence-corrected chi connectivity index (χ2v) is 7.28. The minimum atomic E-state index is -0.214. The highest BCUT2D eigenvalue weighted by Crippen LogP contribution is 2.31. The quantitative estimate of drug-likeness (QED) is 0.379. The van der Waals surface area contributed by atoms with Crippen molar-refractivity contribution >= 4 is 50.1 Å². The lowest BCUT2D eigenvalue weighted by Crippen LogP contribution is -2.24. The van der Waals surface area contributed by atoms with Gasteiger partial charge in [-0.2, -0.15) is 10.1 Å². The standard InChI is InChI=1S/C18H13N3O2S2/c1-12-6-7-14-16(10-12)25-18(20-14)21(17(22)15-5-3-9-24-15)19-11-13-4-2-8-23-13/h2-11H,1H3/b19-11+. The molecule has 0 fully saturated rings. The summed E-state index contributed by atoms with van der Waals surface area (Å²) in [4.78, 5) is 18.0. The highest BCUT2D eigenvalue weighted by molar-refractivity contribution is 7.22. The Bertz CT molecular complexity index is 1030. The average molecular weight is 367 g/mol. The molecule has 0 saturated carbocycles. The van der Waals surface area contributed by atoms with Crippen molar-refractivity contribution in [3.8, 4) is 0 Å². The first-order chi connectivity index (χ1) is 12.2. The molecule has 7 heteroatoms. The van der Waals surface area contributed by atoms with E-state index in [0.717, 1.165) is 15.8 Å². The van der Waals surface area contributed by atoms with Crippen molar-refractivity contribution in [1.82, 2.24) is 4.98 Å². The van der Waals surface area contributed by atoms with Crippen LogP contribution in [0.5, 0.6) is 0 Å². The van der Waals surface area contributed by atoms with Crippen LogP contribution in [0, 0.1) is 6.92 Å². The number of amides is 1. The Hall–Kier alpha value is -2.77. The van der Waals surface area contributed by atoms with E-state index in [1.54, 1.807) is 24.5 Å². The van der Waals surface area contributed by atoms with E-state index in [2.05, 4.69) is 16.2 Å². The van der Waals surface area contributed by atoms with Crippen LogP contribution in [-0.2, 0) is 0 Å². The molecular weight excluding hydrogens is 354 g/mol. The average Bonchev–Trinajstić information content (AvgIpc) is 3.36. The third-order valence-corrected chi connectivity index (χ3v) is 5.33. The summed E-state index contributed by atoms with van der Waals surface area (Å²) in [5.41, 5.74) is 2.00. The van der Waals surface area contributed by atoms with Gasteiger partial charge in [0.1, 0.15) is 5.76 Å². The number of nitrogens with zero attached hydrogens (tertiary/aromatic N) is 3. The van der Waals surface area contributed by atoms with Gasteiger partial charge in [-0.15, -0.1) is 11.3 Å². The van der Waals surface area contributed by atoms with Crippen LogP contribution >= 0.6 is 22.7 Å². The molecular formula is C18H13N3O2S2. The number of hydrogen-bond acceptors (Lipinski definition) is 6. The first-order valence-corrected chi connectivity index (χ1v) is 9.23. The number of aryl methyl sites for hydroxylation is 1. The van der Waals surface area contributed by atoms with Crippen molar-refractivity contribution in [2.24, 2.45) is 5.10 Å². The maximum absolute atomic E-state index is 12.9. The molecule has 0 N–H and O–H groups in total. The van der Waals surface area contributed by atoms with Gasteiger partial charge in [0.05, 0.1) is 27.6 Å². The van der Waals surface area contributed by atoms with Gasteiger partial charge in [-0.1, -0.05) is 23.5 Å². The van der Waals surface area contributed by atoms with E-state index in [9.17, 15) is 4.79 Å². The SMILES string of the molecule is Cc1ccc2nc(N(/N=C/c3ccco3)C(=O)c3cccs3)sc2c1. The predicted molar refractivity (Wildman–Crippen MR) is 102 cm³/mol. The van der Waals surface area contributed by atoms with Crippen LogP contribution in [0.4, 0.5) is 5.13 Å². The highest BCUT2D eigenvalue weighted by Gasteiger charge is 2.21. The molecule has 4 rings (SSSR count). The lowest BCUT2D eigenvalue weighted by Gasteiger charge is -2.12. The van der Waals surface area contributed by atoms with Gasteiger partial charge in [0.25, 0.3) is 5.91 Å². The molecule has 4 aromatic rings. The van der Waals surface area contributed by atoms with Gasteiger partial charge in [-0.05, 0) is 48.2 Å². The molecule has 5 nitrogen and oxygen atoms in total. The molecule has 0 radical (unpaired) electrons. The van der Waals surface area contributed by atoms with E-state index in [1.165, 1.54) is 33.9 Å². The van der Waals surface area contributed by atoms with Crippen molar-refractivity contribution in [2.75, 3.05) is 5.01 Å². The number of thiophene rings is 1. The van der Waals surface area contributed by atoms with Crippen molar-refractivity contribution < 1.29 is 9.21 Å². The number of furan rings is 1. The van der Waals surface area contributed by atoms with Crippen LogP contribution in [0.3, 0.4) is 0 Å². The fourth-order valence-corrected chi connectivity index (χ4v) is 3.95. The van der Waals surface area contributed by atoms with Gasteiger partial charge in [0, 0.05) is 0 Å². The number of carbonyl (C=O) groups is 1. The van der Waals surface area contributed by atoms with Crippen molar-refractivity contribution in [1.29, 1.82) is 0 Å². The molecule has 0 bridgehead atoms. The summed E-state index contributed by atoms with van der Waals surface area (Å²) in [7, 11) is 0. The van der Waals surface area contributed by atoms with Crippen molar-refractivity contribution in [2.45, 2.75) is 6.92 Å². The molecule has 0 aliphatic rings. The summed E-state index contributed by atoms with van der Waals surface area (Å²) in [6.07, 6.45) is 3.08. The third-order valence-electron chi connectivity index (χ3n) is 3.48. The zero-order valence-electron chi connectivity index (χ0n) is 13.2. The van der Waals surface area contributed by atoms with E-state index in [0.29, 0.717) is 15.8 Å². The zero-order chi connectivity index (χ0) is 17.2. The van der Waals surface area contributed by atoms with Crippen molar-refractivity contribution in [3.63, 3.8) is 0 Å². The molecule has 0 aliphatic carbocycles. The first kappa shape index (κ1) is 15.7. The number of rotatable bonds is 4. The Balaban J connectivity index is 1.76. The van der Waals surface area contributed by atoms with Gasteiger partial charge in [0.15, 0.2) is 0 Å². The number of fused-ring (bicyclic) bond motifs is 1. The van der Waals surface area contributed by atoms with Crippen LogP contribution in [0.2, 0.25) is 0 Å². The van der Waals surface area contributed by atoms with E-state index in [-0.39, 0.29) is 5.91 Å². The lowest BCUT2D eigenvalue weighted by molar-refractivity contribution is 0.0991. The zero-order valence-corrected chi connectivity index (χ0v) is 14.9. The molecule has 25 heavy (non-hydrogen) atoms. The number of aromatic nitrogens is 1. The van der Waals surface area contributed by atoms with Gasteiger partial charge < -0.3 is 4.42 Å². The predicted octanol–water partition coefficient (Wildman–Crippen LogP) is 4.94. The molecule has 0 atom stereocenters. The third kappa shape index (κ3) is 3.24. The molecule has 0 saturated heterocycles. The Morgan fingerprint density at radius 1 is 1.28 bits per heavy atom. The number of thiazole rings is 1. The fourth-order valence-electron chi connectivity index (χ4n) is 2.28. The maximum atomic E-state index is 12.9. The minimum Gasteiger partial charge on any atom is -0.463 e. The summed E-state index contributed by atoms with van der Waals surface area (Å²) in [5.74, 6) is 0.356. The number of hydrazone groups is 1. The van der Waals surface area contributed by atoms with Gasteiger partial charge in [0.2, 0.25) is 5.13 Å². The van der Waals surface area contributed by atoms with E-state index in [4.69, 9.17) is 4.42 Å². The Morgan fingerprint density at radius 3 is 2.96 bits per heavy atom. The number of anilines is 1. The Kier molecular flexibility index (Phi) is 4.17. The van der Waals surface area contributed by atoms with Gasteiger partial charge >= 0.3 is 0 Å². The Morgan fingerprint density at radius 2 is 2.20 bits per heavy atom. The summed E-state index contributed by atoms with van der Waals surface area (Å²) >= 11 is 2.81. The van der Waals surface area contributed by atoms with Gasteiger partial charge in [-0.25, -0.2) is 4.98 Å². The second kappa shape index (κ2) is 6.62.